The summed E-state index contributed by atoms with van der Waals surface area (Å²) >= 11 is 0. The molecule has 1 heteroatoms. The van der Waals surface area contributed by atoms with E-state index in [-0.39, 0.29) is 0 Å². The second-order valence-electron chi connectivity index (χ2n) is 2.34. The molecule has 0 saturated heterocycles. The first-order chi connectivity index (χ1) is 5.63. The van der Waals surface area contributed by atoms with E-state index in [0.717, 1.165) is 5.70 Å². The minimum atomic E-state index is 1.01. The maximum atomic E-state index is 3.85. The standard InChI is InChI=1S/C9H15N.C2H6/c1-6-7(2)8(3)9(4)10-5;1-2/h6H,5H2,1-4H3;1-2H3/b7-6-,9-8-;. The van der Waals surface area contributed by atoms with E-state index in [1.807, 2.05) is 27.7 Å². The van der Waals surface area contributed by atoms with E-state index in [1.165, 1.54) is 11.1 Å². The van der Waals surface area contributed by atoms with Crippen LogP contribution in [0.25, 0.3) is 0 Å². The number of allylic oxidation sites excluding steroid dienone is 4. The van der Waals surface area contributed by atoms with Crippen LogP contribution in [0, 0.1) is 0 Å². The van der Waals surface area contributed by atoms with Gasteiger partial charge in [0, 0.05) is 5.70 Å². The van der Waals surface area contributed by atoms with Crippen LogP contribution in [0.5, 0.6) is 0 Å². The van der Waals surface area contributed by atoms with Gasteiger partial charge in [0.25, 0.3) is 0 Å². The quantitative estimate of drug-likeness (QED) is 0.436. The Labute approximate surface area is 76.9 Å². The first-order valence-corrected chi connectivity index (χ1v) is 4.41. The van der Waals surface area contributed by atoms with E-state index in [9.17, 15) is 0 Å². The van der Waals surface area contributed by atoms with Crippen molar-refractivity contribution in [2.45, 2.75) is 41.5 Å². The third-order valence-corrected chi connectivity index (χ3v) is 1.80. The molecule has 0 radical (unpaired) electrons. The number of nitrogens with zero attached hydrogens (tertiary/aromatic N) is 1. The molecule has 0 heterocycles. The van der Waals surface area contributed by atoms with Gasteiger partial charge >= 0.3 is 0 Å². The molecule has 0 spiro atoms. The maximum Gasteiger partial charge on any atom is 0.0397 e. The molecule has 0 atom stereocenters. The zero-order valence-corrected chi connectivity index (χ0v) is 9.23. The van der Waals surface area contributed by atoms with Crippen molar-refractivity contribution in [2.75, 3.05) is 0 Å². The molecule has 0 fully saturated rings. The number of aliphatic imine (C=N–C) groups is 1. The van der Waals surface area contributed by atoms with Gasteiger partial charge in [-0.2, -0.15) is 0 Å². The number of rotatable bonds is 2. The summed E-state index contributed by atoms with van der Waals surface area (Å²) in [5.41, 5.74) is 3.50. The fourth-order valence-electron chi connectivity index (χ4n) is 0.620. The minimum absolute atomic E-state index is 1.01. The van der Waals surface area contributed by atoms with Crippen LogP contribution >= 0.6 is 0 Å². The first-order valence-electron chi connectivity index (χ1n) is 4.41. The molecule has 0 aromatic rings. The highest BCUT2D eigenvalue weighted by atomic mass is 14.7. The van der Waals surface area contributed by atoms with Crippen LogP contribution in [0.1, 0.15) is 41.5 Å². The molecule has 0 aromatic carbocycles. The summed E-state index contributed by atoms with van der Waals surface area (Å²) in [6.07, 6.45) is 2.07. The van der Waals surface area contributed by atoms with Crippen molar-refractivity contribution < 1.29 is 0 Å². The molecule has 0 unspecified atom stereocenters. The van der Waals surface area contributed by atoms with Gasteiger partial charge in [-0.25, -0.2) is 0 Å². The normalized spacial score (nSPS) is 12.7. The second kappa shape index (κ2) is 8.25. The largest absolute Gasteiger partial charge is 0.269 e. The van der Waals surface area contributed by atoms with Crippen LogP contribution in [0.15, 0.2) is 27.9 Å². The lowest BCUT2D eigenvalue weighted by molar-refractivity contribution is 1.19. The lowest BCUT2D eigenvalue weighted by Gasteiger charge is -2.01. The lowest BCUT2D eigenvalue weighted by atomic mass is 10.1. The van der Waals surface area contributed by atoms with Crippen LogP contribution in [-0.2, 0) is 0 Å². The monoisotopic (exact) mass is 167 g/mol. The molecule has 0 amide bonds. The van der Waals surface area contributed by atoms with Crippen LogP contribution in [0.2, 0.25) is 0 Å². The van der Waals surface area contributed by atoms with Crippen molar-refractivity contribution in [2.24, 2.45) is 4.99 Å². The highest BCUT2D eigenvalue weighted by Crippen LogP contribution is 2.13. The van der Waals surface area contributed by atoms with Gasteiger partial charge in [-0.15, -0.1) is 0 Å². The van der Waals surface area contributed by atoms with Gasteiger partial charge in [-0.3, -0.25) is 4.99 Å². The van der Waals surface area contributed by atoms with Crippen molar-refractivity contribution in [3.05, 3.63) is 22.9 Å². The average molecular weight is 167 g/mol. The first kappa shape index (κ1) is 13.7. The Balaban J connectivity index is 0. The molecule has 0 bridgehead atoms. The third kappa shape index (κ3) is 4.89. The Morgan fingerprint density at radius 1 is 1.17 bits per heavy atom. The topological polar surface area (TPSA) is 12.4 Å². The summed E-state index contributed by atoms with van der Waals surface area (Å²) in [6.45, 7) is 15.6. The van der Waals surface area contributed by atoms with Crippen molar-refractivity contribution in [1.29, 1.82) is 0 Å². The summed E-state index contributed by atoms with van der Waals surface area (Å²) < 4.78 is 0. The van der Waals surface area contributed by atoms with Gasteiger partial charge < -0.3 is 0 Å². The van der Waals surface area contributed by atoms with Gasteiger partial charge in [-0.05, 0) is 40.0 Å². The zero-order valence-electron chi connectivity index (χ0n) is 9.23. The van der Waals surface area contributed by atoms with Crippen molar-refractivity contribution in [1.82, 2.24) is 0 Å². The molecule has 0 aliphatic heterocycles. The minimum Gasteiger partial charge on any atom is -0.269 e. The van der Waals surface area contributed by atoms with Crippen molar-refractivity contribution >= 4 is 6.72 Å². The van der Waals surface area contributed by atoms with Crippen molar-refractivity contribution in [3.63, 3.8) is 0 Å². The van der Waals surface area contributed by atoms with Gasteiger partial charge in [0.1, 0.15) is 0 Å². The van der Waals surface area contributed by atoms with E-state index >= 15 is 0 Å². The Morgan fingerprint density at radius 3 is 1.83 bits per heavy atom. The Hall–Kier alpha value is -0.850. The van der Waals surface area contributed by atoms with Gasteiger partial charge in [0.05, 0.1) is 0 Å². The summed E-state index contributed by atoms with van der Waals surface area (Å²) in [5.74, 6) is 0. The molecule has 70 valence electrons. The zero-order chi connectivity index (χ0) is 10.1. The van der Waals surface area contributed by atoms with Crippen molar-refractivity contribution in [3.8, 4) is 0 Å². The SMILES string of the molecule is C=N/C(C)=C(C)\C(C)=C/C.CC. The van der Waals surface area contributed by atoms with Gasteiger partial charge in [0.15, 0.2) is 0 Å². The van der Waals surface area contributed by atoms with Crippen LogP contribution in [0.4, 0.5) is 0 Å². The highest BCUT2D eigenvalue weighted by Gasteiger charge is 1.94. The summed E-state index contributed by atoms with van der Waals surface area (Å²) in [5, 5.41) is 0. The molecular weight excluding hydrogens is 146 g/mol. The summed E-state index contributed by atoms with van der Waals surface area (Å²) in [4.78, 5) is 3.85. The molecule has 0 N–H and O–H groups in total. The van der Waals surface area contributed by atoms with E-state index < -0.39 is 0 Å². The Bertz CT molecular complexity index is 185. The molecule has 0 rings (SSSR count). The maximum absolute atomic E-state index is 3.85. The van der Waals surface area contributed by atoms with Crippen LogP contribution < -0.4 is 0 Å². The molecule has 0 aromatic heterocycles. The number of hydrogen-bond donors (Lipinski definition) is 0. The molecule has 12 heavy (non-hydrogen) atoms. The molecule has 0 aliphatic carbocycles. The van der Waals surface area contributed by atoms with E-state index in [1.54, 1.807) is 0 Å². The smallest absolute Gasteiger partial charge is 0.0397 e. The molecule has 0 aliphatic rings. The van der Waals surface area contributed by atoms with Gasteiger partial charge in [0.2, 0.25) is 0 Å². The number of hydrogen-bond acceptors (Lipinski definition) is 1. The Kier molecular flexibility index (Phi) is 9.43. The Morgan fingerprint density at radius 2 is 1.58 bits per heavy atom. The second-order valence-corrected chi connectivity index (χ2v) is 2.34. The van der Waals surface area contributed by atoms with E-state index in [0.29, 0.717) is 0 Å². The van der Waals surface area contributed by atoms with Gasteiger partial charge in [-0.1, -0.05) is 25.5 Å². The predicted molar refractivity (Wildman–Crippen MR) is 58.7 cm³/mol. The predicted octanol–water partition coefficient (Wildman–Crippen LogP) is 3.97. The fraction of sp³-hybridized carbons (Fsp3) is 0.545. The fourth-order valence-corrected chi connectivity index (χ4v) is 0.620. The van der Waals surface area contributed by atoms with E-state index in [2.05, 4.69) is 31.6 Å². The summed E-state index contributed by atoms with van der Waals surface area (Å²) in [7, 11) is 0. The van der Waals surface area contributed by atoms with Crippen LogP contribution in [0.3, 0.4) is 0 Å². The highest BCUT2D eigenvalue weighted by molar-refractivity contribution is 5.36. The molecule has 0 saturated carbocycles. The van der Waals surface area contributed by atoms with Crippen LogP contribution in [-0.4, -0.2) is 6.72 Å². The summed E-state index contributed by atoms with van der Waals surface area (Å²) in [6, 6.07) is 0. The average Bonchev–Trinajstić information content (AvgIpc) is 2.17. The lowest BCUT2D eigenvalue weighted by Crippen LogP contribution is -1.82. The molecule has 1 nitrogen and oxygen atoms in total. The molecular formula is C11H21N. The third-order valence-electron chi connectivity index (χ3n) is 1.80. The van der Waals surface area contributed by atoms with E-state index in [4.69, 9.17) is 0 Å².